The van der Waals surface area contributed by atoms with Gasteiger partial charge in [-0.25, -0.2) is 0 Å². The monoisotopic (exact) mass is 257 g/mol. The molecule has 3 unspecified atom stereocenters. The Hall–Kier alpha value is -0.820. The Labute approximate surface area is 117 Å². The van der Waals surface area contributed by atoms with Crippen molar-refractivity contribution < 1.29 is 0 Å². The van der Waals surface area contributed by atoms with Crippen LogP contribution in [-0.2, 0) is 6.42 Å². The first-order chi connectivity index (χ1) is 9.35. The fourth-order valence-electron chi connectivity index (χ4n) is 4.35. The Morgan fingerprint density at radius 2 is 1.95 bits per heavy atom. The van der Waals surface area contributed by atoms with E-state index in [2.05, 4.69) is 43.6 Å². The smallest absolute Gasteiger partial charge is 0.0351 e. The van der Waals surface area contributed by atoms with Crippen LogP contribution < -0.4 is 5.32 Å². The molecule has 2 saturated carbocycles. The van der Waals surface area contributed by atoms with Crippen LogP contribution in [-0.4, -0.2) is 7.05 Å². The van der Waals surface area contributed by atoms with E-state index < -0.39 is 0 Å². The van der Waals surface area contributed by atoms with Crippen molar-refractivity contribution in [2.75, 3.05) is 7.05 Å². The second-order valence-electron chi connectivity index (χ2n) is 6.45. The highest BCUT2D eigenvalue weighted by molar-refractivity contribution is 5.28. The van der Waals surface area contributed by atoms with Gasteiger partial charge in [0.05, 0.1) is 0 Å². The molecule has 0 aliphatic heterocycles. The highest BCUT2D eigenvalue weighted by atomic mass is 14.9. The molecule has 104 valence electrons. The van der Waals surface area contributed by atoms with E-state index in [1.807, 2.05) is 0 Å². The molecule has 0 aromatic heterocycles. The van der Waals surface area contributed by atoms with Gasteiger partial charge in [0, 0.05) is 6.04 Å². The van der Waals surface area contributed by atoms with Crippen LogP contribution in [0.15, 0.2) is 24.3 Å². The first-order valence-electron chi connectivity index (χ1n) is 8.11. The molecule has 1 nitrogen and oxygen atoms in total. The van der Waals surface area contributed by atoms with Crippen LogP contribution in [0.3, 0.4) is 0 Å². The van der Waals surface area contributed by atoms with Crippen LogP contribution in [0.2, 0.25) is 0 Å². The average molecular weight is 257 g/mol. The Balaban J connectivity index is 1.77. The highest BCUT2D eigenvalue weighted by Crippen LogP contribution is 2.60. The van der Waals surface area contributed by atoms with E-state index in [0.717, 1.165) is 17.8 Å². The molecule has 1 N–H and O–H groups in total. The number of benzene rings is 1. The molecule has 0 radical (unpaired) electrons. The largest absolute Gasteiger partial charge is 0.313 e. The molecule has 3 rings (SSSR count). The van der Waals surface area contributed by atoms with Gasteiger partial charge in [-0.15, -0.1) is 0 Å². The molecular formula is C18H27N. The summed E-state index contributed by atoms with van der Waals surface area (Å²) in [5.41, 5.74) is 3.02. The van der Waals surface area contributed by atoms with Gasteiger partial charge in [-0.05, 0) is 55.2 Å². The summed E-state index contributed by atoms with van der Waals surface area (Å²) in [7, 11) is 2.14. The molecule has 0 saturated heterocycles. The van der Waals surface area contributed by atoms with E-state index in [1.54, 1.807) is 0 Å². The topological polar surface area (TPSA) is 12.0 Å². The molecule has 2 aliphatic carbocycles. The van der Waals surface area contributed by atoms with E-state index in [-0.39, 0.29) is 0 Å². The third-order valence-electron chi connectivity index (χ3n) is 5.27. The normalized spacial score (nSPS) is 30.7. The quantitative estimate of drug-likeness (QED) is 0.827. The molecule has 2 fully saturated rings. The summed E-state index contributed by atoms with van der Waals surface area (Å²) in [6.07, 6.45) is 8.32. The predicted octanol–water partition coefficient (Wildman–Crippen LogP) is 4.34. The van der Waals surface area contributed by atoms with Gasteiger partial charge >= 0.3 is 0 Å². The molecule has 19 heavy (non-hydrogen) atoms. The zero-order chi connectivity index (χ0) is 13.2. The van der Waals surface area contributed by atoms with Crippen molar-refractivity contribution in [2.24, 2.45) is 17.8 Å². The number of hydrogen-bond donors (Lipinski definition) is 1. The van der Waals surface area contributed by atoms with Crippen molar-refractivity contribution >= 4 is 0 Å². The molecule has 0 bridgehead atoms. The zero-order valence-electron chi connectivity index (χ0n) is 12.4. The van der Waals surface area contributed by atoms with Crippen LogP contribution in [0.4, 0.5) is 0 Å². The molecule has 3 atom stereocenters. The maximum absolute atomic E-state index is 3.61. The van der Waals surface area contributed by atoms with Crippen molar-refractivity contribution in [1.29, 1.82) is 0 Å². The molecule has 0 spiro atoms. The molecule has 0 amide bonds. The second-order valence-corrected chi connectivity index (χ2v) is 6.45. The molecular weight excluding hydrogens is 230 g/mol. The van der Waals surface area contributed by atoms with E-state index in [4.69, 9.17) is 0 Å². The van der Waals surface area contributed by atoms with Crippen molar-refractivity contribution in [2.45, 2.75) is 51.5 Å². The van der Waals surface area contributed by atoms with Gasteiger partial charge in [0.1, 0.15) is 0 Å². The molecule has 2 aliphatic rings. The molecule has 1 heteroatoms. The number of aryl methyl sites for hydroxylation is 1. The lowest BCUT2D eigenvalue weighted by Crippen LogP contribution is -2.20. The van der Waals surface area contributed by atoms with Crippen LogP contribution in [0.1, 0.15) is 56.2 Å². The summed E-state index contributed by atoms with van der Waals surface area (Å²) in [5, 5.41) is 3.61. The van der Waals surface area contributed by atoms with E-state index >= 15 is 0 Å². The minimum atomic E-state index is 0.588. The van der Waals surface area contributed by atoms with Crippen molar-refractivity contribution in [3.8, 4) is 0 Å². The average Bonchev–Trinajstić information content (AvgIpc) is 3.15. The zero-order valence-corrected chi connectivity index (χ0v) is 12.4. The first-order valence-corrected chi connectivity index (χ1v) is 8.11. The molecule has 1 aromatic carbocycles. The van der Waals surface area contributed by atoms with Crippen molar-refractivity contribution in [1.82, 2.24) is 5.32 Å². The maximum atomic E-state index is 3.61. The summed E-state index contributed by atoms with van der Waals surface area (Å²) < 4.78 is 0. The lowest BCUT2D eigenvalue weighted by molar-refractivity contribution is 0.480. The minimum absolute atomic E-state index is 0.588. The van der Waals surface area contributed by atoms with Gasteiger partial charge in [-0.1, -0.05) is 50.5 Å². The Morgan fingerprint density at radius 1 is 1.21 bits per heavy atom. The first kappa shape index (κ1) is 13.2. The number of rotatable bonds is 5. The predicted molar refractivity (Wildman–Crippen MR) is 81.2 cm³/mol. The van der Waals surface area contributed by atoms with E-state index in [0.29, 0.717) is 6.04 Å². The van der Waals surface area contributed by atoms with Crippen LogP contribution in [0.5, 0.6) is 0 Å². The molecule has 0 heterocycles. The minimum Gasteiger partial charge on any atom is -0.313 e. The number of fused-ring (bicyclic) bond motifs is 1. The third-order valence-corrected chi connectivity index (χ3v) is 5.27. The fraction of sp³-hybridized carbons (Fsp3) is 0.667. The third kappa shape index (κ3) is 2.58. The molecule has 1 aromatic rings. The lowest BCUT2D eigenvalue weighted by atomic mass is 9.97. The summed E-state index contributed by atoms with van der Waals surface area (Å²) in [6.45, 7) is 2.26. The van der Waals surface area contributed by atoms with Crippen molar-refractivity contribution in [3.05, 3.63) is 35.4 Å². The number of nitrogens with one attached hydrogen (secondary N) is 1. The fourth-order valence-corrected chi connectivity index (χ4v) is 4.35. The van der Waals surface area contributed by atoms with E-state index in [9.17, 15) is 0 Å². The number of hydrogen-bond acceptors (Lipinski definition) is 1. The van der Waals surface area contributed by atoms with Crippen LogP contribution in [0.25, 0.3) is 0 Å². The Bertz CT molecular complexity index is 413. The SMILES string of the molecule is CCCc1cccc(C(NC)C2C3CCCCC32)c1. The van der Waals surface area contributed by atoms with Gasteiger partial charge in [0.2, 0.25) is 0 Å². The summed E-state index contributed by atoms with van der Waals surface area (Å²) in [5.74, 6) is 2.94. The van der Waals surface area contributed by atoms with Crippen LogP contribution >= 0.6 is 0 Å². The van der Waals surface area contributed by atoms with Gasteiger partial charge in [-0.2, -0.15) is 0 Å². The standard InChI is InChI=1S/C18H27N/c1-3-7-13-8-6-9-14(12-13)18(19-2)17-15-10-4-5-11-16(15)17/h6,8-9,12,15-19H,3-5,7,10-11H2,1-2H3. The maximum Gasteiger partial charge on any atom is 0.0351 e. The summed E-state index contributed by atoms with van der Waals surface area (Å²) in [6, 6.07) is 9.88. The summed E-state index contributed by atoms with van der Waals surface area (Å²) in [4.78, 5) is 0. The Kier molecular flexibility index (Phi) is 3.93. The Morgan fingerprint density at radius 3 is 2.58 bits per heavy atom. The van der Waals surface area contributed by atoms with Crippen LogP contribution in [0, 0.1) is 17.8 Å². The van der Waals surface area contributed by atoms with E-state index in [1.165, 1.54) is 49.7 Å². The highest BCUT2D eigenvalue weighted by Gasteiger charge is 2.53. The van der Waals surface area contributed by atoms with Crippen molar-refractivity contribution in [3.63, 3.8) is 0 Å². The van der Waals surface area contributed by atoms with Gasteiger partial charge in [0.15, 0.2) is 0 Å². The van der Waals surface area contributed by atoms with Gasteiger partial charge in [-0.3, -0.25) is 0 Å². The lowest BCUT2D eigenvalue weighted by Gasteiger charge is -2.18. The second kappa shape index (κ2) is 5.66. The summed E-state index contributed by atoms with van der Waals surface area (Å²) >= 11 is 0. The van der Waals surface area contributed by atoms with Gasteiger partial charge < -0.3 is 5.32 Å². The van der Waals surface area contributed by atoms with Gasteiger partial charge in [0.25, 0.3) is 0 Å².